The molecule has 126 valence electrons. The normalized spacial score (nSPS) is 13.1. The zero-order valence-corrected chi connectivity index (χ0v) is 15.0. The maximum atomic E-state index is 6.01. The zero-order chi connectivity index (χ0) is 16.9. The minimum absolute atomic E-state index is 0.129. The van der Waals surface area contributed by atoms with Crippen LogP contribution in [0.25, 0.3) is 0 Å². The van der Waals surface area contributed by atoms with Crippen LogP contribution in [-0.4, -0.2) is 22.0 Å². The summed E-state index contributed by atoms with van der Waals surface area (Å²) in [5.41, 5.74) is 3.76. The molecule has 1 aromatic heterocycles. The van der Waals surface area contributed by atoms with Crippen LogP contribution in [-0.2, 0) is 11.8 Å². The molecule has 0 aliphatic carbocycles. The molecule has 2 aromatic rings. The third-order valence-corrected chi connectivity index (χ3v) is 4.19. The van der Waals surface area contributed by atoms with Crippen molar-refractivity contribution in [2.24, 2.45) is 0 Å². The fourth-order valence-electron chi connectivity index (χ4n) is 2.73. The van der Waals surface area contributed by atoms with Crippen LogP contribution in [0.4, 0.5) is 0 Å². The molecule has 1 aromatic carbocycles. The summed E-state index contributed by atoms with van der Waals surface area (Å²) in [6, 6.07) is 6.65. The van der Waals surface area contributed by atoms with Crippen LogP contribution in [0.15, 0.2) is 24.4 Å². The number of hydrogen-bond acceptors (Lipinski definition) is 3. The van der Waals surface area contributed by atoms with E-state index in [-0.39, 0.29) is 5.41 Å². The van der Waals surface area contributed by atoms with Gasteiger partial charge in [0.25, 0.3) is 0 Å². The van der Waals surface area contributed by atoms with Gasteiger partial charge in [-0.25, -0.2) is 0 Å². The Kier molecular flexibility index (Phi) is 5.80. The van der Waals surface area contributed by atoms with Crippen molar-refractivity contribution in [3.63, 3.8) is 0 Å². The van der Waals surface area contributed by atoms with Gasteiger partial charge in [-0.2, -0.15) is 15.4 Å². The van der Waals surface area contributed by atoms with Gasteiger partial charge in [-0.3, -0.25) is 0 Å². The fraction of sp³-hybridized carbons (Fsp3) is 0.579. The molecule has 2 rings (SSSR count). The molecule has 0 bridgehead atoms. The highest BCUT2D eigenvalue weighted by molar-refractivity contribution is 5.42. The Morgan fingerprint density at radius 2 is 2.00 bits per heavy atom. The first-order chi connectivity index (χ1) is 11.0. The van der Waals surface area contributed by atoms with E-state index in [1.54, 1.807) is 0 Å². The van der Waals surface area contributed by atoms with Crippen molar-refractivity contribution in [3.05, 3.63) is 41.2 Å². The molecule has 0 saturated heterocycles. The largest absolute Gasteiger partial charge is 0.493 e. The van der Waals surface area contributed by atoms with Gasteiger partial charge in [0.05, 0.1) is 18.5 Å². The predicted octanol–water partition coefficient (Wildman–Crippen LogP) is 4.63. The molecule has 0 aliphatic heterocycles. The van der Waals surface area contributed by atoms with E-state index in [0.29, 0.717) is 5.92 Å². The van der Waals surface area contributed by atoms with Crippen molar-refractivity contribution in [1.82, 2.24) is 15.4 Å². The molecule has 0 spiro atoms. The van der Waals surface area contributed by atoms with Gasteiger partial charge in [-0.05, 0) is 41.4 Å². The van der Waals surface area contributed by atoms with Crippen molar-refractivity contribution in [1.29, 1.82) is 0 Å². The minimum Gasteiger partial charge on any atom is -0.493 e. The van der Waals surface area contributed by atoms with E-state index >= 15 is 0 Å². The summed E-state index contributed by atoms with van der Waals surface area (Å²) in [5, 5.41) is 10.8. The van der Waals surface area contributed by atoms with Gasteiger partial charge in [-0.15, -0.1) is 0 Å². The number of rotatable bonds is 7. The van der Waals surface area contributed by atoms with E-state index in [4.69, 9.17) is 4.74 Å². The molecule has 0 amide bonds. The Balaban J connectivity index is 2.37. The van der Waals surface area contributed by atoms with Crippen molar-refractivity contribution in [3.8, 4) is 5.75 Å². The monoisotopic (exact) mass is 315 g/mol. The Morgan fingerprint density at radius 1 is 1.22 bits per heavy atom. The molecule has 0 fully saturated rings. The number of nitrogens with zero attached hydrogens (tertiary/aromatic N) is 2. The first kappa shape index (κ1) is 17.5. The molecular weight excluding hydrogens is 286 g/mol. The maximum Gasteiger partial charge on any atom is 0.122 e. The second-order valence-electron chi connectivity index (χ2n) is 7.12. The Bertz CT molecular complexity index is 600. The summed E-state index contributed by atoms with van der Waals surface area (Å²) >= 11 is 0. The number of aromatic amines is 1. The average Bonchev–Trinajstić information content (AvgIpc) is 3.02. The number of ether oxygens (including phenoxy) is 1. The highest BCUT2D eigenvalue weighted by Gasteiger charge is 2.21. The van der Waals surface area contributed by atoms with E-state index in [9.17, 15) is 0 Å². The number of benzene rings is 1. The summed E-state index contributed by atoms with van der Waals surface area (Å²) in [7, 11) is 0. The Labute approximate surface area is 139 Å². The molecule has 1 unspecified atom stereocenters. The highest BCUT2D eigenvalue weighted by Crippen LogP contribution is 2.35. The molecule has 1 N–H and O–H groups in total. The number of H-pyrrole nitrogens is 1. The average molecular weight is 315 g/mol. The molecule has 23 heavy (non-hydrogen) atoms. The van der Waals surface area contributed by atoms with Crippen LogP contribution in [0.2, 0.25) is 0 Å². The van der Waals surface area contributed by atoms with Crippen LogP contribution in [0.5, 0.6) is 5.75 Å². The second-order valence-corrected chi connectivity index (χ2v) is 7.12. The second kappa shape index (κ2) is 7.62. The molecule has 0 radical (unpaired) electrons. The first-order valence-electron chi connectivity index (χ1n) is 8.57. The lowest BCUT2D eigenvalue weighted by atomic mass is 9.82. The molecule has 1 heterocycles. The standard InChI is InChI=1S/C19H29N3O/c1-6-10-23-18-9-8-15(19(3,4)5)12-17(18)14(7-2)11-16-13-20-22-21-16/h8-9,12-14H,6-7,10-11H2,1-5H3,(H,20,21,22). The minimum atomic E-state index is 0.129. The number of hydrogen-bond donors (Lipinski definition) is 1. The first-order valence-corrected chi connectivity index (χ1v) is 8.57. The zero-order valence-electron chi connectivity index (χ0n) is 15.0. The fourth-order valence-corrected chi connectivity index (χ4v) is 2.73. The molecule has 0 saturated carbocycles. The van der Waals surface area contributed by atoms with E-state index in [2.05, 4.69) is 68.2 Å². The molecule has 4 heteroatoms. The van der Waals surface area contributed by atoms with Gasteiger partial charge in [0.15, 0.2) is 0 Å². The van der Waals surface area contributed by atoms with Gasteiger partial charge < -0.3 is 4.74 Å². The third-order valence-electron chi connectivity index (χ3n) is 4.19. The summed E-state index contributed by atoms with van der Waals surface area (Å²) in [4.78, 5) is 0. The van der Waals surface area contributed by atoms with Crippen LogP contribution < -0.4 is 4.74 Å². The van der Waals surface area contributed by atoms with E-state index in [1.807, 2.05) is 6.20 Å². The van der Waals surface area contributed by atoms with E-state index in [0.717, 1.165) is 37.3 Å². The van der Waals surface area contributed by atoms with Crippen LogP contribution in [0, 0.1) is 0 Å². The van der Waals surface area contributed by atoms with Crippen LogP contribution >= 0.6 is 0 Å². The van der Waals surface area contributed by atoms with Crippen molar-refractivity contribution < 1.29 is 4.74 Å². The summed E-state index contributed by atoms with van der Waals surface area (Å²) in [6.07, 6.45) is 4.75. The Hall–Kier alpha value is -1.84. The van der Waals surface area contributed by atoms with Gasteiger partial charge in [0, 0.05) is 6.42 Å². The summed E-state index contributed by atoms with van der Waals surface area (Å²) < 4.78 is 6.01. The van der Waals surface area contributed by atoms with Gasteiger partial charge >= 0.3 is 0 Å². The quantitative estimate of drug-likeness (QED) is 0.810. The smallest absolute Gasteiger partial charge is 0.122 e. The van der Waals surface area contributed by atoms with Gasteiger partial charge in [-0.1, -0.05) is 46.8 Å². The number of nitrogens with one attached hydrogen (secondary N) is 1. The van der Waals surface area contributed by atoms with Crippen molar-refractivity contribution in [2.45, 2.75) is 65.2 Å². The molecule has 4 nitrogen and oxygen atoms in total. The lowest BCUT2D eigenvalue weighted by Gasteiger charge is -2.24. The topological polar surface area (TPSA) is 50.8 Å². The SMILES string of the molecule is CCCOc1ccc(C(C)(C)C)cc1C(CC)Cc1cn[nH]n1. The lowest BCUT2D eigenvalue weighted by Crippen LogP contribution is -2.14. The molecule has 1 atom stereocenters. The van der Waals surface area contributed by atoms with Gasteiger partial charge in [0.1, 0.15) is 5.75 Å². The number of aromatic nitrogens is 3. The lowest BCUT2D eigenvalue weighted by molar-refractivity contribution is 0.311. The van der Waals surface area contributed by atoms with Crippen LogP contribution in [0.1, 0.15) is 70.2 Å². The van der Waals surface area contributed by atoms with Crippen LogP contribution in [0.3, 0.4) is 0 Å². The van der Waals surface area contributed by atoms with Crippen molar-refractivity contribution >= 4 is 0 Å². The Morgan fingerprint density at radius 3 is 2.57 bits per heavy atom. The summed E-state index contributed by atoms with van der Waals surface area (Å²) in [6.45, 7) is 11.8. The maximum absolute atomic E-state index is 6.01. The predicted molar refractivity (Wildman–Crippen MR) is 94.0 cm³/mol. The third kappa shape index (κ3) is 4.57. The highest BCUT2D eigenvalue weighted by atomic mass is 16.5. The molecular formula is C19H29N3O. The van der Waals surface area contributed by atoms with Crippen molar-refractivity contribution in [2.75, 3.05) is 6.61 Å². The van der Waals surface area contributed by atoms with E-state index in [1.165, 1.54) is 11.1 Å². The van der Waals surface area contributed by atoms with E-state index < -0.39 is 0 Å². The summed E-state index contributed by atoms with van der Waals surface area (Å²) in [5.74, 6) is 1.39. The van der Waals surface area contributed by atoms with Gasteiger partial charge in [0.2, 0.25) is 0 Å². The molecule has 0 aliphatic rings.